The van der Waals surface area contributed by atoms with Crippen LogP contribution >= 0.6 is 12.2 Å². The average molecular weight is 381 g/mol. The van der Waals surface area contributed by atoms with Crippen LogP contribution < -0.4 is 20.7 Å². The second kappa shape index (κ2) is 12.1. The number of hydrogen-bond donors (Lipinski definition) is 3. The van der Waals surface area contributed by atoms with E-state index < -0.39 is 12.0 Å². The van der Waals surface area contributed by atoms with Gasteiger partial charge < -0.3 is 25.4 Å². The third-order valence-electron chi connectivity index (χ3n) is 3.51. The van der Waals surface area contributed by atoms with E-state index in [0.717, 1.165) is 12.8 Å². The van der Waals surface area contributed by atoms with E-state index >= 15 is 0 Å². The number of thiocarbonyl (C=S) groups is 1. The molecule has 0 saturated heterocycles. The van der Waals surface area contributed by atoms with Crippen LogP contribution in [0.2, 0.25) is 0 Å². The molecule has 1 atom stereocenters. The molecule has 8 heteroatoms. The molecule has 0 aliphatic heterocycles. The molecular formula is C18H27N3O4S. The number of carbonyl (C=O) groups excluding carboxylic acids is 2. The number of rotatable bonds is 10. The number of amides is 1. The second-order valence-electron chi connectivity index (χ2n) is 5.52. The van der Waals surface area contributed by atoms with Crippen molar-refractivity contribution >= 4 is 34.9 Å². The summed E-state index contributed by atoms with van der Waals surface area (Å²) in [5.74, 6) is -0.106. The Morgan fingerprint density at radius 2 is 1.96 bits per heavy atom. The first-order valence-corrected chi connectivity index (χ1v) is 9.06. The first-order valence-electron chi connectivity index (χ1n) is 8.65. The van der Waals surface area contributed by atoms with Crippen LogP contribution in [0.4, 0.5) is 5.69 Å². The van der Waals surface area contributed by atoms with Crippen LogP contribution in [-0.2, 0) is 14.3 Å². The molecule has 3 N–H and O–H groups in total. The second-order valence-corrected chi connectivity index (χ2v) is 5.93. The topological polar surface area (TPSA) is 88.7 Å². The zero-order valence-electron chi connectivity index (χ0n) is 15.5. The molecule has 0 spiro atoms. The average Bonchev–Trinajstić information content (AvgIpc) is 2.64. The number of carbonyl (C=O) groups is 2. The summed E-state index contributed by atoms with van der Waals surface area (Å²) in [5, 5.41) is 8.77. The number of esters is 1. The number of methoxy groups -OCH3 is 1. The highest BCUT2D eigenvalue weighted by molar-refractivity contribution is 7.80. The lowest BCUT2D eigenvalue weighted by atomic mass is 10.1. The molecule has 0 heterocycles. The Bertz CT molecular complexity index is 610. The summed E-state index contributed by atoms with van der Waals surface area (Å²) in [6, 6.07) is 6.74. The minimum atomic E-state index is -0.644. The van der Waals surface area contributed by atoms with Crippen LogP contribution in [0.1, 0.15) is 33.1 Å². The number of hydrogen-bond acceptors (Lipinski definition) is 5. The molecule has 1 unspecified atom stereocenters. The molecule has 1 amide bonds. The number of para-hydroxylation sites is 2. The number of unbranched alkanes of at least 4 members (excludes halogenated alkanes) is 1. The smallest absolute Gasteiger partial charge is 0.328 e. The van der Waals surface area contributed by atoms with E-state index in [-0.39, 0.29) is 17.6 Å². The summed E-state index contributed by atoms with van der Waals surface area (Å²) in [7, 11) is 1.31. The van der Waals surface area contributed by atoms with Crippen LogP contribution in [0.25, 0.3) is 0 Å². The van der Waals surface area contributed by atoms with E-state index in [2.05, 4.69) is 16.0 Å². The molecular weight excluding hydrogens is 354 g/mol. The number of ether oxygens (including phenoxy) is 2. The molecule has 1 rings (SSSR count). The van der Waals surface area contributed by atoms with Gasteiger partial charge >= 0.3 is 5.97 Å². The molecule has 0 bridgehead atoms. The van der Waals surface area contributed by atoms with Crippen molar-refractivity contribution in [3.8, 4) is 5.75 Å². The van der Waals surface area contributed by atoms with Crippen molar-refractivity contribution < 1.29 is 19.1 Å². The summed E-state index contributed by atoms with van der Waals surface area (Å²) in [5.41, 5.74) is 0.711. The first kappa shape index (κ1) is 21.7. The lowest BCUT2D eigenvalue weighted by molar-refractivity contribution is -0.145. The Labute approximate surface area is 159 Å². The van der Waals surface area contributed by atoms with Gasteiger partial charge in [0.1, 0.15) is 11.8 Å². The van der Waals surface area contributed by atoms with Crippen molar-refractivity contribution in [2.75, 3.05) is 25.6 Å². The van der Waals surface area contributed by atoms with Crippen LogP contribution in [0.5, 0.6) is 5.75 Å². The Hall–Kier alpha value is -2.35. The Morgan fingerprint density at radius 3 is 2.62 bits per heavy atom. The van der Waals surface area contributed by atoms with E-state index in [4.69, 9.17) is 21.7 Å². The normalized spacial score (nSPS) is 11.2. The Morgan fingerprint density at radius 1 is 1.23 bits per heavy atom. The highest BCUT2D eigenvalue weighted by Crippen LogP contribution is 2.23. The standard InChI is InChI=1S/C18H27N3O4S/c1-4-6-9-14(17(23)24-3)20-16(22)12-19-18(26)21-13-10-7-8-11-15(13)25-5-2/h7-8,10-11,14H,4-6,9,12H2,1-3H3,(H,20,22)(H2,19,21,26). The van der Waals surface area contributed by atoms with Gasteiger partial charge in [-0.25, -0.2) is 4.79 Å². The fourth-order valence-corrected chi connectivity index (χ4v) is 2.41. The maximum absolute atomic E-state index is 12.1. The van der Waals surface area contributed by atoms with E-state index in [1.165, 1.54) is 7.11 Å². The third kappa shape index (κ3) is 7.69. The number of nitrogens with one attached hydrogen (secondary N) is 3. The van der Waals surface area contributed by atoms with Crippen LogP contribution in [0.3, 0.4) is 0 Å². The highest BCUT2D eigenvalue weighted by atomic mass is 32.1. The van der Waals surface area contributed by atoms with E-state index in [1.807, 2.05) is 38.1 Å². The minimum Gasteiger partial charge on any atom is -0.492 e. The zero-order chi connectivity index (χ0) is 19.4. The molecule has 1 aromatic rings. The van der Waals surface area contributed by atoms with Gasteiger partial charge in [-0.1, -0.05) is 31.9 Å². The molecule has 0 aromatic heterocycles. The summed E-state index contributed by atoms with van der Waals surface area (Å²) in [4.78, 5) is 23.8. The quantitative estimate of drug-likeness (QED) is 0.423. The van der Waals surface area contributed by atoms with Crippen molar-refractivity contribution in [2.24, 2.45) is 0 Å². The van der Waals surface area contributed by atoms with E-state index in [9.17, 15) is 9.59 Å². The van der Waals surface area contributed by atoms with Gasteiger partial charge in [-0.05, 0) is 37.7 Å². The SMILES string of the molecule is CCCCC(NC(=O)CNC(=S)Nc1ccccc1OCC)C(=O)OC. The summed E-state index contributed by atoms with van der Waals surface area (Å²) < 4.78 is 10.2. The highest BCUT2D eigenvalue weighted by Gasteiger charge is 2.20. The van der Waals surface area contributed by atoms with Crippen molar-refractivity contribution in [1.29, 1.82) is 0 Å². The summed E-state index contributed by atoms with van der Waals surface area (Å²) >= 11 is 5.21. The maximum atomic E-state index is 12.1. The molecule has 0 aliphatic carbocycles. The van der Waals surface area contributed by atoms with Gasteiger partial charge in [0.05, 0.1) is 25.9 Å². The van der Waals surface area contributed by atoms with Gasteiger partial charge in [-0.3, -0.25) is 4.79 Å². The lowest BCUT2D eigenvalue weighted by Crippen LogP contribution is -2.46. The number of anilines is 1. The molecule has 26 heavy (non-hydrogen) atoms. The van der Waals surface area contributed by atoms with Crippen LogP contribution in [0.15, 0.2) is 24.3 Å². The van der Waals surface area contributed by atoms with Gasteiger partial charge in [0.2, 0.25) is 5.91 Å². The summed E-state index contributed by atoms with van der Waals surface area (Å²) in [6.45, 7) is 4.39. The van der Waals surface area contributed by atoms with Crippen LogP contribution in [0, 0.1) is 0 Å². The van der Waals surface area contributed by atoms with Gasteiger partial charge in [-0.2, -0.15) is 0 Å². The van der Waals surface area contributed by atoms with Crippen molar-refractivity contribution in [3.05, 3.63) is 24.3 Å². The van der Waals surface area contributed by atoms with Crippen LogP contribution in [-0.4, -0.2) is 43.3 Å². The molecule has 0 saturated carbocycles. The van der Waals surface area contributed by atoms with Gasteiger partial charge in [0.25, 0.3) is 0 Å². The molecule has 0 aliphatic rings. The lowest BCUT2D eigenvalue weighted by Gasteiger charge is -2.17. The van der Waals surface area contributed by atoms with Gasteiger partial charge in [-0.15, -0.1) is 0 Å². The van der Waals surface area contributed by atoms with E-state index in [0.29, 0.717) is 24.5 Å². The zero-order valence-corrected chi connectivity index (χ0v) is 16.3. The Kier molecular flexibility index (Phi) is 10.1. The van der Waals surface area contributed by atoms with Gasteiger partial charge in [0, 0.05) is 0 Å². The molecule has 0 radical (unpaired) electrons. The number of benzene rings is 1. The summed E-state index contributed by atoms with van der Waals surface area (Å²) in [6.07, 6.45) is 2.29. The Balaban J connectivity index is 2.50. The van der Waals surface area contributed by atoms with Crippen molar-refractivity contribution in [1.82, 2.24) is 10.6 Å². The fraction of sp³-hybridized carbons (Fsp3) is 0.500. The minimum absolute atomic E-state index is 0.0533. The predicted molar refractivity (Wildman–Crippen MR) is 105 cm³/mol. The largest absolute Gasteiger partial charge is 0.492 e. The molecule has 144 valence electrons. The fourth-order valence-electron chi connectivity index (χ4n) is 2.22. The van der Waals surface area contributed by atoms with Gasteiger partial charge in [0.15, 0.2) is 5.11 Å². The molecule has 1 aromatic carbocycles. The van der Waals surface area contributed by atoms with E-state index in [1.54, 1.807) is 0 Å². The molecule has 0 fully saturated rings. The van der Waals surface area contributed by atoms with Crippen molar-refractivity contribution in [3.63, 3.8) is 0 Å². The van der Waals surface area contributed by atoms with Crippen molar-refractivity contribution in [2.45, 2.75) is 39.2 Å². The maximum Gasteiger partial charge on any atom is 0.328 e. The predicted octanol–water partition coefficient (Wildman–Crippen LogP) is 2.22. The molecule has 7 nitrogen and oxygen atoms in total. The third-order valence-corrected chi connectivity index (χ3v) is 3.76. The first-order chi connectivity index (χ1) is 12.5. The monoisotopic (exact) mass is 381 g/mol.